The van der Waals surface area contributed by atoms with Crippen molar-refractivity contribution in [3.8, 4) is 0 Å². The van der Waals surface area contributed by atoms with Crippen LogP contribution < -0.4 is 0 Å². The van der Waals surface area contributed by atoms with Gasteiger partial charge in [-0.3, -0.25) is 4.79 Å². The van der Waals surface area contributed by atoms with Crippen molar-refractivity contribution in [2.75, 3.05) is 13.1 Å². The minimum Gasteiger partial charge on any atom is -0.348 e. The summed E-state index contributed by atoms with van der Waals surface area (Å²) in [6, 6.07) is 10.4. The summed E-state index contributed by atoms with van der Waals surface area (Å²) in [6.45, 7) is 1.67. The smallest absolute Gasteiger partial charge is 0.226 e. The van der Waals surface area contributed by atoms with Crippen molar-refractivity contribution in [1.29, 1.82) is 0 Å². The summed E-state index contributed by atoms with van der Waals surface area (Å²) in [5.74, 6) is 0.966. The molecule has 1 fully saturated rings. The number of carbonyl (C=O) groups is 1. The monoisotopic (exact) mass is 295 g/mol. The van der Waals surface area contributed by atoms with Gasteiger partial charge < -0.3 is 9.88 Å². The topological polar surface area (TPSA) is 49.0 Å². The number of rotatable bonds is 2. The first-order chi connectivity index (χ1) is 10.8. The van der Waals surface area contributed by atoms with Crippen LogP contribution >= 0.6 is 0 Å². The number of hydrogen-bond acceptors (Lipinski definition) is 2. The number of amides is 1. The third-order valence-electron chi connectivity index (χ3n) is 4.93. The van der Waals surface area contributed by atoms with E-state index in [9.17, 15) is 4.79 Å². The van der Waals surface area contributed by atoms with Crippen molar-refractivity contribution >= 4 is 5.91 Å². The molecule has 0 spiro atoms. The first-order valence-corrected chi connectivity index (χ1v) is 8.18. The van der Waals surface area contributed by atoms with Gasteiger partial charge in [-0.2, -0.15) is 0 Å². The van der Waals surface area contributed by atoms with E-state index in [2.05, 4.69) is 39.1 Å². The fourth-order valence-corrected chi connectivity index (χ4v) is 3.57. The van der Waals surface area contributed by atoms with Crippen LogP contribution in [0, 0.1) is 5.92 Å². The molecule has 0 saturated heterocycles. The highest BCUT2D eigenvalue weighted by atomic mass is 16.2. The van der Waals surface area contributed by atoms with Crippen LogP contribution in [0.5, 0.6) is 0 Å². The average Bonchev–Trinajstić information content (AvgIpc) is 3.23. The molecule has 2 aliphatic rings. The van der Waals surface area contributed by atoms with Crippen molar-refractivity contribution < 1.29 is 4.79 Å². The number of imidazole rings is 1. The van der Waals surface area contributed by atoms with Crippen LogP contribution in [0.3, 0.4) is 0 Å². The molecule has 2 aromatic rings. The van der Waals surface area contributed by atoms with E-state index in [4.69, 9.17) is 0 Å². The van der Waals surface area contributed by atoms with Crippen LogP contribution in [0.4, 0.5) is 0 Å². The van der Waals surface area contributed by atoms with Gasteiger partial charge in [-0.1, -0.05) is 30.3 Å². The van der Waals surface area contributed by atoms with Crippen LogP contribution in [0.1, 0.15) is 35.7 Å². The van der Waals surface area contributed by atoms with Crippen molar-refractivity contribution in [2.24, 2.45) is 5.92 Å². The second-order valence-electron chi connectivity index (χ2n) is 6.37. The molecule has 4 rings (SSSR count). The lowest BCUT2D eigenvalue weighted by Crippen LogP contribution is -2.36. The van der Waals surface area contributed by atoms with Gasteiger partial charge in [-0.05, 0) is 30.7 Å². The predicted molar refractivity (Wildman–Crippen MR) is 84.5 cm³/mol. The van der Waals surface area contributed by atoms with Gasteiger partial charge in [0.1, 0.15) is 0 Å². The molecule has 1 N–H and O–H groups in total. The molecule has 1 amide bonds. The number of hydrogen-bond donors (Lipinski definition) is 1. The van der Waals surface area contributed by atoms with Gasteiger partial charge in [0.05, 0.1) is 12.0 Å². The van der Waals surface area contributed by atoms with E-state index in [1.54, 1.807) is 6.33 Å². The molecule has 1 aliphatic heterocycles. The largest absolute Gasteiger partial charge is 0.348 e. The number of H-pyrrole nitrogens is 1. The summed E-state index contributed by atoms with van der Waals surface area (Å²) in [5.41, 5.74) is 3.69. The summed E-state index contributed by atoms with van der Waals surface area (Å²) in [7, 11) is 0. The molecular formula is C18H21N3O. The van der Waals surface area contributed by atoms with E-state index >= 15 is 0 Å². The highest BCUT2D eigenvalue weighted by molar-refractivity contribution is 5.83. The lowest BCUT2D eigenvalue weighted by molar-refractivity contribution is -0.132. The number of benzene rings is 1. The first-order valence-electron chi connectivity index (χ1n) is 8.18. The molecule has 1 aliphatic carbocycles. The fourth-order valence-electron chi connectivity index (χ4n) is 3.57. The van der Waals surface area contributed by atoms with Crippen LogP contribution in [0.25, 0.3) is 0 Å². The van der Waals surface area contributed by atoms with Crippen LogP contribution in [0.2, 0.25) is 0 Å². The van der Waals surface area contributed by atoms with E-state index in [-0.39, 0.29) is 5.92 Å². The van der Waals surface area contributed by atoms with Gasteiger partial charge in [0.2, 0.25) is 5.91 Å². The number of carbonyl (C=O) groups excluding carboxylic acids is 1. The first kappa shape index (κ1) is 13.6. The molecular weight excluding hydrogens is 274 g/mol. The zero-order valence-electron chi connectivity index (χ0n) is 12.7. The molecule has 0 radical (unpaired) electrons. The maximum atomic E-state index is 12.8. The van der Waals surface area contributed by atoms with Gasteiger partial charge in [0.25, 0.3) is 0 Å². The van der Waals surface area contributed by atoms with Crippen LogP contribution in [0.15, 0.2) is 36.7 Å². The number of aromatic nitrogens is 2. The number of aryl methyl sites for hydroxylation is 1. The molecule has 22 heavy (non-hydrogen) atoms. The van der Waals surface area contributed by atoms with E-state index < -0.39 is 0 Å². The Labute approximate surface area is 130 Å². The molecule has 2 heterocycles. The zero-order chi connectivity index (χ0) is 14.9. The summed E-state index contributed by atoms with van der Waals surface area (Å²) >= 11 is 0. The summed E-state index contributed by atoms with van der Waals surface area (Å²) in [6.07, 6.45) is 5.66. The van der Waals surface area contributed by atoms with Gasteiger partial charge >= 0.3 is 0 Å². The van der Waals surface area contributed by atoms with Gasteiger partial charge in [0, 0.05) is 31.1 Å². The summed E-state index contributed by atoms with van der Waals surface area (Å²) < 4.78 is 0. The second kappa shape index (κ2) is 5.59. The summed E-state index contributed by atoms with van der Waals surface area (Å²) in [4.78, 5) is 22.4. The molecule has 0 unspecified atom stereocenters. The molecule has 0 bridgehead atoms. The van der Waals surface area contributed by atoms with Crippen molar-refractivity contribution in [3.05, 3.63) is 53.6 Å². The van der Waals surface area contributed by atoms with E-state index in [0.29, 0.717) is 11.8 Å². The standard InChI is InChI=1S/C18H21N3O/c22-18(15-11-14(15)13-5-2-1-3-6-13)21-9-4-7-16-17(8-10-21)20-12-19-16/h1-3,5-6,12,14-15H,4,7-11H2,(H,19,20)/t14-,15+/m1/s1. The quantitative estimate of drug-likeness (QED) is 0.925. The Morgan fingerprint density at radius 1 is 1.18 bits per heavy atom. The SMILES string of the molecule is O=C([C@H]1C[C@@H]1c1ccccc1)N1CCCc2[nH]cnc2CC1. The Hall–Kier alpha value is -2.10. The number of fused-ring (bicyclic) bond motifs is 1. The minimum atomic E-state index is 0.195. The molecule has 1 aromatic carbocycles. The lowest BCUT2D eigenvalue weighted by Gasteiger charge is -2.24. The highest BCUT2D eigenvalue weighted by Crippen LogP contribution is 2.48. The Morgan fingerprint density at radius 2 is 2.05 bits per heavy atom. The Morgan fingerprint density at radius 3 is 2.91 bits per heavy atom. The highest BCUT2D eigenvalue weighted by Gasteiger charge is 2.45. The Balaban J connectivity index is 1.42. The second-order valence-corrected chi connectivity index (χ2v) is 6.37. The third-order valence-corrected chi connectivity index (χ3v) is 4.93. The molecule has 114 valence electrons. The van der Waals surface area contributed by atoms with Crippen molar-refractivity contribution in [1.82, 2.24) is 14.9 Å². The minimum absolute atomic E-state index is 0.195. The molecule has 2 atom stereocenters. The normalized spacial score (nSPS) is 24.3. The van der Waals surface area contributed by atoms with E-state index in [0.717, 1.165) is 44.5 Å². The Bertz CT molecular complexity index is 664. The zero-order valence-corrected chi connectivity index (χ0v) is 12.7. The lowest BCUT2D eigenvalue weighted by atomic mass is 10.1. The third kappa shape index (κ3) is 2.54. The van der Waals surface area contributed by atoms with Crippen LogP contribution in [-0.2, 0) is 17.6 Å². The predicted octanol–water partition coefficient (Wildman–Crippen LogP) is 2.53. The summed E-state index contributed by atoms with van der Waals surface area (Å²) in [5, 5.41) is 0. The molecule has 4 heteroatoms. The average molecular weight is 295 g/mol. The van der Waals surface area contributed by atoms with Crippen molar-refractivity contribution in [2.45, 2.75) is 31.6 Å². The van der Waals surface area contributed by atoms with Crippen LogP contribution in [-0.4, -0.2) is 33.9 Å². The van der Waals surface area contributed by atoms with E-state index in [1.165, 1.54) is 11.3 Å². The molecule has 1 saturated carbocycles. The van der Waals surface area contributed by atoms with Gasteiger partial charge in [0.15, 0.2) is 0 Å². The van der Waals surface area contributed by atoms with Crippen molar-refractivity contribution in [3.63, 3.8) is 0 Å². The number of nitrogens with one attached hydrogen (secondary N) is 1. The molecule has 4 nitrogen and oxygen atoms in total. The fraction of sp³-hybridized carbons (Fsp3) is 0.444. The van der Waals surface area contributed by atoms with E-state index in [1.807, 2.05) is 6.07 Å². The van der Waals surface area contributed by atoms with Gasteiger partial charge in [-0.25, -0.2) is 4.98 Å². The molecule has 1 aromatic heterocycles. The maximum absolute atomic E-state index is 12.8. The number of aromatic amines is 1. The Kier molecular flexibility index (Phi) is 3.45. The maximum Gasteiger partial charge on any atom is 0.226 e. The van der Waals surface area contributed by atoms with Gasteiger partial charge in [-0.15, -0.1) is 0 Å². The number of nitrogens with zero attached hydrogens (tertiary/aromatic N) is 2.